The van der Waals surface area contributed by atoms with Crippen molar-refractivity contribution in [3.63, 3.8) is 0 Å². The fraction of sp³-hybridized carbons (Fsp3) is 0.391. The Hall–Kier alpha value is -2.02. The minimum Gasteiger partial charge on any atom is -0.512 e. The van der Waals surface area contributed by atoms with Crippen LogP contribution in [0.4, 0.5) is 0 Å². The minimum atomic E-state index is 0.134. The molecule has 2 aromatic rings. The third kappa shape index (κ3) is 2.77. The molecule has 1 aliphatic carbocycles. The van der Waals surface area contributed by atoms with Crippen molar-refractivity contribution < 1.29 is 5.11 Å². The van der Waals surface area contributed by atoms with Gasteiger partial charge in [0.15, 0.2) is 0 Å². The average molecular weight is 320 g/mol. The van der Waals surface area contributed by atoms with E-state index in [-0.39, 0.29) is 5.92 Å². The molecule has 0 bridgehead atoms. The third-order valence-corrected chi connectivity index (χ3v) is 5.56. The highest BCUT2D eigenvalue weighted by molar-refractivity contribution is 5.81. The van der Waals surface area contributed by atoms with Crippen molar-refractivity contribution in [2.75, 3.05) is 0 Å². The fourth-order valence-corrected chi connectivity index (χ4v) is 4.17. The lowest BCUT2D eigenvalue weighted by atomic mass is 9.79. The van der Waals surface area contributed by atoms with Crippen LogP contribution >= 0.6 is 0 Å². The summed E-state index contributed by atoms with van der Waals surface area (Å²) in [4.78, 5) is 0. The van der Waals surface area contributed by atoms with Crippen molar-refractivity contribution in [3.05, 3.63) is 64.4 Å². The Morgan fingerprint density at radius 2 is 1.79 bits per heavy atom. The van der Waals surface area contributed by atoms with Gasteiger partial charge < -0.3 is 5.11 Å². The molecule has 24 heavy (non-hydrogen) atoms. The van der Waals surface area contributed by atoms with Crippen LogP contribution < -0.4 is 0 Å². The molecule has 0 amide bonds. The van der Waals surface area contributed by atoms with Gasteiger partial charge in [-0.3, -0.25) is 0 Å². The molecule has 0 saturated heterocycles. The Kier molecular flexibility index (Phi) is 4.80. The van der Waals surface area contributed by atoms with Gasteiger partial charge in [-0.25, -0.2) is 0 Å². The second-order valence-electron chi connectivity index (χ2n) is 6.94. The quantitative estimate of drug-likeness (QED) is 0.653. The molecule has 0 spiro atoms. The van der Waals surface area contributed by atoms with Crippen molar-refractivity contribution in [1.29, 1.82) is 0 Å². The SMILES string of the molecule is CCc1cccc(-c2c(C)ccc3c2C(C(CC)CC)C(O)=C3)c1. The van der Waals surface area contributed by atoms with Gasteiger partial charge in [-0.15, -0.1) is 0 Å². The van der Waals surface area contributed by atoms with Gasteiger partial charge in [-0.2, -0.15) is 0 Å². The van der Waals surface area contributed by atoms with Crippen LogP contribution in [-0.4, -0.2) is 5.11 Å². The number of hydrogen-bond acceptors (Lipinski definition) is 1. The molecule has 0 aliphatic heterocycles. The molecule has 0 saturated carbocycles. The predicted octanol–water partition coefficient (Wildman–Crippen LogP) is 6.66. The minimum absolute atomic E-state index is 0.134. The number of aryl methyl sites for hydroxylation is 2. The molecular formula is C23H28O. The van der Waals surface area contributed by atoms with E-state index in [1.165, 1.54) is 33.4 Å². The van der Waals surface area contributed by atoms with Crippen molar-refractivity contribution >= 4 is 6.08 Å². The maximum Gasteiger partial charge on any atom is 0.101 e. The third-order valence-electron chi connectivity index (χ3n) is 5.56. The first kappa shape index (κ1) is 16.8. The molecule has 126 valence electrons. The first-order valence-corrected chi connectivity index (χ1v) is 9.24. The molecular weight excluding hydrogens is 292 g/mol. The zero-order valence-corrected chi connectivity index (χ0v) is 15.3. The van der Waals surface area contributed by atoms with Gasteiger partial charge in [-0.1, -0.05) is 70.0 Å². The van der Waals surface area contributed by atoms with Gasteiger partial charge in [0, 0.05) is 5.92 Å². The molecule has 1 atom stereocenters. The second-order valence-corrected chi connectivity index (χ2v) is 6.94. The van der Waals surface area contributed by atoms with Crippen LogP contribution in [0.2, 0.25) is 0 Å². The zero-order valence-electron chi connectivity index (χ0n) is 15.3. The Labute approximate surface area is 146 Å². The van der Waals surface area contributed by atoms with Crippen LogP contribution in [0, 0.1) is 12.8 Å². The Balaban J connectivity index is 2.21. The molecule has 1 N–H and O–H groups in total. The molecule has 0 aromatic heterocycles. The molecule has 0 heterocycles. The lowest BCUT2D eigenvalue weighted by molar-refractivity contribution is 0.313. The first-order valence-electron chi connectivity index (χ1n) is 9.24. The predicted molar refractivity (Wildman–Crippen MR) is 103 cm³/mol. The van der Waals surface area contributed by atoms with E-state index in [1.807, 2.05) is 6.08 Å². The lowest BCUT2D eigenvalue weighted by Crippen LogP contribution is -2.13. The molecule has 1 nitrogen and oxygen atoms in total. The maximum atomic E-state index is 10.7. The maximum absolute atomic E-state index is 10.7. The number of hydrogen-bond donors (Lipinski definition) is 1. The molecule has 0 fully saturated rings. The second kappa shape index (κ2) is 6.84. The topological polar surface area (TPSA) is 20.2 Å². The zero-order chi connectivity index (χ0) is 17.3. The largest absolute Gasteiger partial charge is 0.512 e. The highest BCUT2D eigenvalue weighted by Crippen LogP contribution is 2.47. The van der Waals surface area contributed by atoms with E-state index in [1.54, 1.807) is 0 Å². The van der Waals surface area contributed by atoms with Crippen molar-refractivity contribution in [3.8, 4) is 11.1 Å². The van der Waals surface area contributed by atoms with Crippen molar-refractivity contribution in [2.45, 2.75) is 52.9 Å². The molecule has 3 rings (SSSR count). The van der Waals surface area contributed by atoms with E-state index in [9.17, 15) is 5.11 Å². The van der Waals surface area contributed by atoms with Gasteiger partial charge in [0.1, 0.15) is 5.76 Å². The van der Waals surface area contributed by atoms with Crippen LogP contribution in [0.15, 0.2) is 42.2 Å². The van der Waals surface area contributed by atoms with E-state index < -0.39 is 0 Å². The summed E-state index contributed by atoms with van der Waals surface area (Å²) in [7, 11) is 0. The summed E-state index contributed by atoms with van der Waals surface area (Å²) in [5, 5.41) is 10.7. The monoisotopic (exact) mass is 320 g/mol. The van der Waals surface area contributed by atoms with Gasteiger partial charge in [0.05, 0.1) is 0 Å². The van der Waals surface area contributed by atoms with Crippen LogP contribution in [-0.2, 0) is 6.42 Å². The summed E-state index contributed by atoms with van der Waals surface area (Å²) < 4.78 is 0. The summed E-state index contributed by atoms with van der Waals surface area (Å²) in [5.41, 5.74) is 7.77. The molecule has 2 aromatic carbocycles. The highest BCUT2D eigenvalue weighted by atomic mass is 16.3. The van der Waals surface area contributed by atoms with Crippen LogP contribution in [0.25, 0.3) is 17.2 Å². The summed E-state index contributed by atoms with van der Waals surface area (Å²) in [5.74, 6) is 1.16. The van der Waals surface area contributed by atoms with Crippen LogP contribution in [0.5, 0.6) is 0 Å². The standard InChI is InChI=1S/C23H28O/c1-5-16-9-8-10-18(13-16)21-15(4)11-12-19-14-20(24)22(23(19)21)17(6-2)7-3/h8-14,17,22,24H,5-7H2,1-4H3. The molecule has 1 aliphatic rings. The number of fused-ring (bicyclic) bond motifs is 1. The van der Waals surface area contributed by atoms with Crippen LogP contribution in [0.1, 0.15) is 61.8 Å². The fourth-order valence-electron chi connectivity index (χ4n) is 4.17. The average Bonchev–Trinajstić information content (AvgIpc) is 2.92. The van der Waals surface area contributed by atoms with E-state index >= 15 is 0 Å². The highest BCUT2D eigenvalue weighted by Gasteiger charge is 2.33. The molecule has 1 heteroatoms. The van der Waals surface area contributed by atoms with Gasteiger partial charge in [0.2, 0.25) is 0 Å². The normalized spacial score (nSPS) is 16.4. The number of allylic oxidation sites excluding steroid dienone is 1. The number of rotatable bonds is 5. The summed E-state index contributed by atoms with van der Waals surface area (Å²) in [6.45, 7) is 8.84. The lowest BCUT2D eigenvalue weighted by Gasteiger charge is -2.26. The first-order chi connectivity index (χ1) is 11.6. The van der Waals surface area contributed by atoms with Crippen molar-refractivity contribution in [2.24, 2.45) is 5.92 Å². The molecule has 0 radical (unpaired) electrons. The summed E-state index contributed by atoms with van der Waals surface area (Å²) >= 11 is 0. The van der Waals surface area contributed by atoms with Crippen LogP contribution in [0.3, 0.4) is 0 Å². The Bertz CT molecular complexity index is 766. The number of aliphatic hydroxyl groups is 1. The summed E-state index contributed by atoms with van der Waals surface area (Å²) in [6, 6.07) is 13.2. The van der Waals surface area contributed by atoms with Gasteiger partial charge >= 0.3 is 0 Å². The number of aliphatic hydroxyl groups excluding tert-OH is 1. The Morgan fingerprint density at radius 1 is 1.04 bits per heavy atom. The van der Waals surface area contributed by atoms with E-state index in [0.717, 1.165) is 19.3 Å². The molecule has 1 unspecified atom stereocenters. The van der Waals surface area contributed by atoms with Gasteiger partial charge in [0.25, 0.3) is 0 Å². The Morgan fingerprint density at radius 3 is 2.46 bits per heavy atom. The summed E-state index contributed by atoms with van der Waals surface area (Å²) in [6.07, 6.45) is 5.19. The van der Waals surface area contributed by atoms with E-state index in [4.69, 9.17) is 0 Å². The smallest absolute Gasteiger partial charge is 0.101 e. The van der Waals surface area contributed by atoms with Gasteiger partial charge in [-0.05, 0) is 58.7 Å². The van der Waals surface area contributed by atoms with E-state index in [0.29, 0.717) is 11.7 Å². The number of benzene rings is 2. The van der Waals surface area contributed by atoms with E-state index in [2.05, 4.69) is 64.1 Å². The van der Waals surface area contributed by atoms with Crippen molar-refractivity contribution in [1.82, 2.24) is 0 Å².